The van der Waals surface area contributed by atoms with Crippen LogP contribution in [0.3, 0.4) is 0 Å². The maximum atomic E-state index is 13.1. The van der Waals surface area contributed by atoms with Crippen molar-refractivity contribution in [1.29, 1.82) is 0 Å². The molecule has 2 rings (SSSR count). The SMILES string of the molecule is CC[C@@H](Oc1ccc(Cl)cc1)C(=O)Nc1ccc(F)c(Cl)c1. The van der Waals surface area contributed by atoms with Gasteiger partial charge in [0.1, 0.15) is 11.6 Å². The van der Waals surface area contributed by atoms with Crippen molar-refractivity contribution in [3.8, 4) is 5.75 Å². The molecule has 0 fully saturated rings. The minimum atomic E-state index is -0.676. The Labute approximate surface area is 138 Å². The number of ether oxygens (including phenoxy) is 1. The fraction of sp³-hybridized carbons (Fsp3) is 0.188. The molecule has 3 nitrogen and oxygen atoms in total. The van der Waals surface area contributed by atoms with Crippen LogP contribution in [0, 0.1) is 5.82 Å². The van der Waals surface area contributed by atoms with Crippen LogP contribution in [0.1, 0.15) is 13.3 Å². The van der Waals surface area contributed by atoms with Crippen LogP contribution in [0.25, 0.3) is 0 Å². The Morgan fingerprint density at radius 2 is 1.91 bits per heavy atom. The topological polar surface area (TPSA) is 38.3 Å². The number of benzene rings is 2. The maximum Gasteiger partial charge on any atom is 0.265 e. The van der Waals surface area contributed by atoms with E-state index in [0.717, 1.165) is 0 Å². The molecule has 0 heterocycles. The van der Waals surface area contributed by atoms with Crippen LogP contribution in [-0.4, -0.2) is 12.0 Å². The summed E-state index contributed by atoms with van der Waals surface area (Å²) in [6, 6.07) is 10.7. The minimum absolute atomic E-state index is 0.0514. The molecule has 0 aliphatic rings. The molecule has 0 spiro atoms. The van der Waals surface area contributed by atoms with Gasteiger partial charge in [-0.15, -0.1) is 0 Å². The summed E-state index contributed by atoms with van der Waals surface area (Å²) in [6.07, 6.45) is -0.200. The molecule has 0 saturated carbocycles. The highest BCUT2D eigenvalue weighted by atomic mass is 35.5. The van der Waals surface area contributed by atoms with Gasteiger partial charge in [0.05, 0.1) is 5.02 Å². The summed E-state index contributed by atoms with van der Waals surface area (Å²) in [5.41, 5.74) is 0.412. The van der Waals surface area contributed by atoms with Gasteiger partial charge in [0.25, 0.3) is 5.91 Å². The van der Waals surface area contributed by atoms with Crippen LogP contribution in [0.5, 0.6) is 5.75 Å². The highest BCUT2D eigenvalue weighted by Gasteiger charge is 2.19. The number of carbonyl (C=O) groups is 1. The highest BCUT2D eigenvalue weighted by Crippen LogP contribution is 2.21. The zero-order chi connectivity index (χ0) is 16.1. The van der Waals surface area contributed by atoms with Gasteiger partial charge in [0, 0.05) is 10.7 Å². The number of anilines is 1. The smallest absolute Gasteiger partial charge is 0.265 e. The molecule has 0 aliphatic carbocycles. The van der Waals surface area contributed by atoms with Crippen molar-refractivity contribution >= 4 is 34.8 Å². The molecule has 0 aliphatic heterocycles. The zero-order valence-electron chi connectivity index (χ0n) is 11.8. The summed E-state index contributed by atoms with van der Waals surface area (Å²) in [5, 5.41) is 3.19. The first-order valence-corrected chi connectivity index (χ1v) is 7.43. The lowest BCUT2D eigenvalue weighted by molar-refractivity contribution is -0.122. The fourth-order valence-corrected chi connectivity index (χ4v) is 2.10. The van der Waals surface area contributed by atoms with E-state index in [4.69, 9.17) is 27.9 Å². The molecular weight excluding hydrogens is 328 g/mol. The van der Waals surface area contributed by atoms with Crippen molar-refractivity contribution in [2.24, 2.45) is 0 Å². The first kappa shape index (κ1) is 16.6. The minimum Gasteiger partial charge on any atom is -0.481 e. The van der Waals surface area contributed by atoms with Gasteiger partial charge in [-0.05, 0) is 48.9 Å². The molecule has 1 amide bonds. The van der Waals surface area contributed by atoms with E-state index in [1.165, 1.54) is 18.2 Å². The number of rotatable bonds is 5. The zero-order valence-corrected chi connectivity index (χ0v) is 13.3. The predicted octanol–water partition coefficient (Wildman–Crippen LogP) is 4.93. The lowest BCUT2D eigenvalue weighted by Crippen LogP contribution is -2.32. The molecule has 0 aromatic heterocycles. The normalized spacial score (nSPS) is 11.8. The maximum absolute atomic E-state index is 13.1. The second-order valence-corrected chi connectivity index (χ2v) is 5.43. The van der Waals surface area contributed by atoms with Gasteiger partial charge in [0.2, 0.25) is 0 Å². The number of nitrogens with one attached hydrogen (secondary N) is 1. The Morgan fingerprint density at radius 3 is 2.50 bits per heavy atom. The number of amides is 1. The third kappa shape index (κ3) is 4.36. The van der Waals surface area contributed by atoms with Crippen LogP contribution in [-0.2, 0) is 4.79 Å². The van der Waals surface area contributed by atoms with Crippen molar-refractivity contribution < 1.29 is 13.9 Å². The monoisotopic (exact) mass is 341 g/mol. The third-order valence-electron chi connectivity index (χ3n) is 2.94. The Hall–Kier alpha value is -1.78. The van der Waals surface area contributed by atoms with Crippen LogP contribution < -0.4 is 10.1 Å². The Kier molecular flexibility index (Phi) is 5.63. The summed E-state index contributed by atoms with van der Waals surface area (Å²) in [6.45, 7) is 1.83. The summed E-state index contributed by atoms with van der Waals surface area (Å²) >= 11 is 11.5. The number of hydrogen-bond donors (Lipinski definition) is 1. The molecule has 1 atom stereocenters. The summed E-state index contributed by atoms with van der Waals surface area (Å²) in [5.74, 6) is -0.326. The average molecular weight is 342 g/mol. The standard InChI is InChI=1S/C16H14Cl2FNO2/c1-2-15(22-12-6-3-10(17)4-7-12)16(21)20-11-5-8-14(19)13(18)9-11/h3-9,15H,2H2,1H3,(H,20,21)/t15-/m1/s1. The molecule has 1 N–H and O–H groups in total. The molecule has 2 aromatic carbocycles. The van der Waals surface area contributed by atoms with Crippen molar-refractivity contribution in [3.05, 3.63) is 58.3 Å². The summed E-state index contributed by atoms with van der Waals surface area (Å²) < 4.78 is 18.7. The fourth-order valence-electron chi connectivity index (χ4n) is 1.80. The predicted molar refractivity (Wildman–Crippen MR) is 86.2 cm³/mol. The van der Waals surface area contributed by atoms with E-state index in [0.29, 0.717) is 22.9 Å². The summed E-state index contributed by atoms with van der Waals surface area (Å²) in [4.78, 5) is 12.2. The molecule has 0 unspecified atom stereocenters. The van der Waals surface area contributed by atoms with Gasteiger partial charge in [-0.3, -0.25) is 4.79 Å². The highest BCUT2D eigenvalue weighted by molar-refractivity contribution is 6.31. The number of halogens is 3. The van der Waals surface area contributed by atoms with Gasteiger partial charge in [-0.25, -0.2) is 4.39 Å². The van der Waals surface area contributed by atoms with Gasteiger partial charge in [0.15, 0.2) is 6.10 Å². The lowest BCUT2D eigenvalue weighted by Gasteiger charge is -2.17. The Morgan fingerprint density at radius 1 is 1.23 bits per heavy atom. The van der Waals surface area contributed by atoms with Crippen molar-refractivity contribution in [2.75, 3.05) is 5.32 Å². The van der Waals surface area contributed by atoms with Crippen molar-refractivity contribution in [3.63, 3.8) is 0 Å². The Balaban J connectivity index is 2.04. The molecule has 0 radical (unpaired) electrons. The van der Waals surface area contributed by atoms with Crippen LogP contribution in [0.2, 0.25) is 10.0 Å². The molecule has 6 heteroatoms. The van der Waals surface area contributed by atoms with E-state index in [2.05, 4.69) is 5.32 Å². The summed E-state index contributed by atoms with van der Waals surface area (Å²) in [7, 11) is 0. The molecule has 0 bridgehead atoms. The van der Waals surface area contributed by atoms with Gasteiger partial charge in [-0.1, -0.05) is 30.1 Å². The van der Waals surface area contributed by atoms with E-state index in [1.54, 1.807) is 24.3 Å². The third-order valence-corrected chi connectivity index (χ3v) is 3.48. The molecule has 116 valence electrons. The lowest BCUT2D eigenvalue weighted by atomic mass is 10.2. The quantitative estimate of drug-likeness (QED) is 0.837. The first-order chi connectivity index (χ1) is 10.5. The molecule has 22 heavy (non-hydrogen) atoms. The molecule has 2 aromatic rings. The van der Waals surface area contributed by atoms with Crippen LogP contribution >= 0.6 is 23.2 Å². The van der Waals surface area contributed by atoms with E-state index < -0.39 is 11.9 Å². The van der Waals surface area contributed by atoms with Gasteiger partial charge < -0.3 is 10.1 Å². The van der Waals surface area contributed by atoms with Crippen LogP contribution in [0.4, 0.5) is 10.1 Å². The number of carbonyl (C=O) groups excluding carboxylic acids is 1. The van der Waals surface area contributed by atoms with Crippen molar-refractivity contribution in [1.82, 2.24) is 0 Å². The van der Waals surface area contributed by atoms with Crippen LogP contribution in [0.15, 0.2) is 42.5 Å². The second-order valence-electron chi connectivity index (χ2n) is 4.59. The van der Waals surface area contributed by atoms with Crippen molar-refractivity contribution in [2.45, 2.75) is 19.4 Å². The van der Waals surface area contributed by atoms with Gasteiger partial charge >= 0.3 is 0 Å². The Bertz CT molecular complexity index is 662. The van der Waals surface area contributed by atoms with E-state index in [1.807, 2.05) is 6.92 Å². The second kappa shape index (κ2) is 7.47. The van der Waals surface area contributed by atoms with E-state index in [9.17, 15) is 9.18 Å². The number of hydrogen-bond acceptors (Lipinski definition) is 2. The first-order valence-electron chi connectivity index (χ1n) is 6.67. The average Bonchev–Trinajstić information content (AvgIpc) is 2.50. The van der Waals surface area contributed by atoms with Gasteiger partial charge in [-0.2, -0.15) is 0 Å². The van der Waals surface area contributed by atoms with E-state index in [-0.39, 0.29) is 10.9 Å². The largest absolute Gasteiger partial charge is 0.481 e. The van der Waals surface area contributed by atoms with E-state index >= 15 is 0 Å². The molecule has 0 saturated heterocycles. The molecular formula is C16H14Cl2FNO2.